The lowest BCUT2D eigenvalue weighted by Crippen LogP contribution is -2.27. The first-order chi connectivity index (χ1) is 8.61. The van der Waals surface area contributed by atoms with Gasteiger partial charge in [0.15, 0.2) is 0 Å². The van der Waals surface area contributed by atoms with Crippen LogP contribution in [0, 0.1) is 23.0 Å². The molecule has 0 amide bonds. The molecular formula is C13H12F2N2O. The van der Waals surface area contributed by atoms with Gasteiger partial charge >= 0.3 is 0 Å². The molecule has 0 aliphatic carbocycles. The molecule has 1 N–H and O–H groups in total. The topological polar surface area (TPSA) is 47.3 Å². The zero-order valence-electron chi connectivity index (χ0n) is 9.66. The monoisotopic (exact) mass is 250 g/mol. The van der Waals surface area contributed by atoms with Crippen molar-refractivity contribution in [2.45, 2.75) is 12.8 Å². The van der Waals surface area contributed by atoms with Crippen molar-refractivity contribution in [2.24, 2.45) is 0 Å². The van der Waals surface area contributed by atoms with Crippen LogP contribution in [0.2, 0.25) is 0 Å². The number of hydrogen-bond acceptors (Lipinski definition) is 3. The molecule has 0 unspecified atom stereocenters. The van der Waals surface area contributed by atoms with Crippen LogP contribution < -0.4 is 0 Å². The maximum Gasteiger partial charge on any atom is 0.134 e. The van der Waals surface area contributed by atoms with Gasteiger partial charge in [-0.1, -0.05) is 0 Å². The summed E-state index contributed by atoms with van der Waals surface area (Å²) in [5, 5.41) is 19.6. The molecular weight excluding hydrogens is 238 g/mol. The third-order valence-electron chi connectivity index (χ3n) is 3.01. The van der Waals surface area contributed by atoms with Crippen LogP contribution >= 0.6 is 0 Å². The Balaban J connectivity index is 2.40. The van der Waals surface area contributed by atoms with E-state index in [9.17, 15) is 14.0 Å². The SMILES string of the molecule is N#CC(=C1CCN(O)CC1)c1ccc(F)cc1F. The third-order valence-corrected chi connectivity index (χ3v) is 3.01. The molecule has 0 saturated carbocycles. The largest absolute Gasteiger partial charge is 0.314 e. The molecule has 0 bridgehead atoms. The van der Waals surface area contributed by atoms with Crippen molar-refractivity contribution in [2.75, 3.05) is 13.1 Å². The summed E-state index contributed by atoms with van der Waals surface area (Å²) in [5.41, 5.74) is 1.18. The summed E-state index contributed by atoms with van der Waals surface area (Å²) in [5.74, 6) is -1.39. The van der Waals surface area contributed by atoms with Crippen molar-refractivity contribution in [3.8, 4) is 6.07 Å². The van der Waals surface area contributed by atoms with Crippen molar-refractivity contribution >= 4 is 5.57 Å². The van der Waals surface area contributed by atoms with Crippen LogP contribution in [0.4, 0.5) is 8.78 Å². The lowest BCUT2D eigenvalue weighted by Gasteiger charge is -2.23. The molecule has 5 heteroatoms. The fraction of sp³-hybridized carbons (Fsp3) is 0.308. The summed E-state index contributed by atoms with van der Waals surface area (Å²) in [6, 6.07) is 5.17. The highest BCUT2D eigenvalue weighted by Crippen LogP contribution is 2.27. The van der Waals surface area contributed by atoms with E-state index in [0.717, 1.165) is 17.7 Å². The average Bonchev–Trinajstić information content (AvgIpc) is 2.35. The zero-order chi connectivity index (χ0) is 13.1. The molecule has 2 rings (SSSR count). The molecule has 0 spiro atoms. The molecule has 1 saturated heterocycles. The smallest absolute Gasteiger partial charge is 0.134 e. The average molecular weight is 250 g/mol. The van der Waals surface area contributed by atoms with Gasteiger partial charge in [0.25, 0.3) is 0 Å². The van der Waals surface area contributed by atoms with Gasteiger partial charge < -0.3 is 5.21 Å². The lowest BCUT2D eigenvalue weighted by atomic mass is 9.94. The van der Waals surface area contributed by atoms with Crippen LogP contribution in [-0.2, 0) is 0 Å². The van der Waals surface area contributed by atoms with Gasteiger partial charge in [0.1, 0.15) is 11.6 Å². The van der Waals surface area contributed by atoms with E-state index < -0.39 is 11.6 Å². The maximum atomic E-state index is 13.6. The van der Waals surface area contributed by atoms with Crippen molar-refractivity contribution in [3.05, 3.63) is 41.0 Å². The number of piperidine rings is 1. The van der Waals surface area contributed by atoms with E-state index in [1.807, 2.05) is 6.07 Å². The highest BCUT2D eigenvalue weighted by molar-refractivity contribution is 5.79. The van der Waals surface area contributed by atoms with E-state index in [0.29, 0.717) is 25.9 Å². The number of halogens is 2. The Morgan fingerprint density at radius 1 is 1.28 bits per heavy atom. The van der Waals surface area contributed by atoms with Crippen LogP contribution in [0.25, 0.3) is 5.57 Å². The lowest BCUT2D eigenvalue weighted by molar-refractivity contribution is -0.0958. The molecule has 3 nitrogen and oxygen atoms in total. The summed E-state index contributed by atoms with van der Waals surface area (Å²) in [6.45, 7) is 0.840. The number of rotatable bonds is 1. The number of hydrogen-bond donors (Lipinski definition) is 1. The highest BCUT2D eigenvalue weighted by Gasteiger charge is 2.18. The van der Waals surface area contributed by atoms with Gasteiger partial charge in [0.2, 0.25) is 0 Å². The molecule has 18 heavy (non-hydrogen) atoms. The van der Waals surface area contributed by atoms with E-state index in [-0.39, 0.29) is 11.1 Å². The first-order valence-electron chi connectivity index (χ1n) is 5.63. The molecule has 1 aliphatic heterocycles. The molecule has 0 aromatic heterocycles. The molecule has 94 valence electrons. The van der Waals surface area contributed by atoms with Gasteiger partial charge in [-0.2, -0.15) is 10.3 Å². The number of allylic oxidation sites excluding steroid dienone is 1. The fourth-order valence-corrected chi connectivity index (χ4v) is 2.04. The van der Waals surface area contributed by atoms with Gasteiger partial charge in [-0.25, -0.2) is 8.78 Å². The quantitative estimate of drug-likeness (QED) is 0.779. The Hall–Kier alpha value is -1.77. The molecule has 0 atom stereocenters. The second-order valence-corrected chi connectivity index (χ2v) is 4.17. The molecule has 1 aromatic rings. The Labute approximate surface area is 104 Å². The van der Waals surface area contributed by atoms with Crippen LogP contribution in [0.5, 0.6) is 0 Å². The van der Waals surface area contributed by atoms with Crippen molar-refractivity contribution in [1.82, 2.24) is 5.06 Å². The van der Waals surface area contributed by atoms with Crippen molar-refractivity contribution < 1.29 is 14.0 Å². The van der Waals surface area contributed by atoms with Crippen molar-refractivity contribution in [3.63, 3.8) is 0 Å². The van der Waals surface area contributed by atoms with Crippen molar-refractivity contribution in [1.29, 1.82) is 5.26 Å². The zero-order valence-corrected chi connectivity index (χ0v) is 9.66. The highest BCUT2D eigenvalue weighted by atomic mass is 19.1. The minimum atomic E-state index is -0.731. The number of benzene rings is 1. The van der Waals surface area contributed by atoms with Gasteiger partial charge in [-0.3, -0.25) is 0 Å². The van der Waals surface area contributed by atoms with Crippen LogP contribution in [0.1, 0.15) is 18.4 Å². The van der Waals surface area contributed by atoms with E-state index in [2.05, 4.69) is 0 Å². The Bertz CT molecular complexity index is 524. The molecule has 1 fully saturated rings. The predicted octanol–water partition coefficient (Wildman–Crippen LogP) is 2.73. The van der Waals surface area contributed by atoms with Crippen LogP contribution in [0.15, 0.2) is 23.8 Å². The van der Waals surface area contributed by atoms with Gasteiger partial charge in [0.05, 0.1) is 11.6 Å². The summed E-state index contributed by atoms with van der Waals surface area (Å²) in [7, 11) is 0. The van der Waals surface area contributed by atoms with E-state index >= 15 is 0 Å². The van der Waals surface area contributed by atoms with Crippen LogP contribution in [0.3, 0.4) is 0 Å². The number of nitrogens with zero attached hydrogens (tertiary/aromatic N) is 2. The fourth-order valence-electron chi connectivity index (χ4n) is 2.04. The molecule has 1 aliphatic rings. The van der Waals surface area contributed by atoms with E-state index in [1.54, 1.807) is 0 Å². The second kappa shape index (κ2) is 5.25. The van der Waals surface area contributed by atoms with E-state index in [4.69, 9.17) is 5.26 Å². The molecule has 0 radical (unpaired) electrons. The first-order valence-corrected chi connectivity index (χ1v) is 5.63. The summed E-state index contributed by atoms with van der Waals surface area (Å²) in [6.07, 6.45) is 1.02. The normalized spacial score (nSPS) is 16.4. The van der Waals surface area contributed by atoms with Crippen LogP contribution in [-0.4, -0.2) is 23.4 Å². The van der Waals surface area contributed by atoms with Gasteiger partial charge in [-0.05, 0) is 30.5 Å². The Kier molecular flexibility index (Phi) is 3.70. The standard InChI is InChI=1S/C13H12F2N2O/c14-10-1-2-11(13(15)7-10)12(8-16)9-3-5-17(18)6-4-9/h1-2,7,18H,3-6H2. The third kappa shape index (κ3) is 2.55. The Morgan fingerprint density at radius 2 is 1.94 bits per heavy atom. The Morgan fingerprint density at radius 3 is 2.50 bits per heavy atom. The molecule has 1 heterocycles. The first kappa shape index (κ1) is 12.7. The summed E-state index contributed by atoms with van der Waals surface area (Å²) < 4.78 is 26.5. The molecule has 1 aromatic carbocycles. The maximum absolute atomic E-state index is 13.6. The summed E-state index contributed by atoms with van der Waals surface area (Å²) in [4.78, 5) is 0. The van der Waals surface area contributed by atoms with Gasteiger partial charge in [-0.15, -0.1) is 0 Å². The van der Waals surface area contributed by atoms with Gasteiger partial charge in [0, 0.05) is 24.7 Å². The number of hydroxylamine groups is 2. The minimum absolute atomic E-state index is 0.125. The van der Waals surface area contributed by atoms with E-state index in [1.165, 1.54) is 11.1 Å². The minimum Gasteiger partial charge on any atom is -0.314 e. The predicted molar refractivity (Wildman–Crippen MR) is 61.5 cm³/mol. The summed E-state index contributed by atoms with van der Waals surface area (Å²) >= 11 is 0. The second-order valence-electron chi connectivity index (χ2n) is 4.17. The number of nitriles is 1.